The van der Waals surface area contributed by atoms with Crippen molar-refractivity contribution in [2.75, 3.05) is 6.61 Å². The highest BCUT2D eigenvalue weighted by Gasteiger charge is 2.52. The molecule has 1 aliphatic rings. The van der Waals surface area contributed by atoms with E-state index in [9.17, 15) is 41.4 Å². The lowest BCUT2D eigenvalue weighted by Gasteiger charge is -2.43. The van der Waals surface area contributed by atoms with Crippen LogP contribution < -0.4 is 0 Å². The minimum Gasteiger partial charge on any atom is -0.457 e. The van der Waals surface area contributed by atoms with Gasteiger partial charge in [0.05, 0.1) is 33.7 Å². The highest BCUT2D eigenvalue weighted by atomic mass is 32.1. The minimum absolute atomic E-state index is 0.117. The number of alkyl halides is 3. The van der Waals surface area contributed by atoms with E-state index in [0.717, 1.165) is 22.5 Å². The number of nitrogens with zero attached hydrogens (tertiary/aromatic N) is 7. The Morgan fingerprint density at radius 1 is 1.13 bits per heavy atom. The van der Waals surface area contributed by atoms with Gasteiger partial charge in [0.15, 0.2) is 35.5 Å². The van der Waals surface area contributed by atoms with Crippen LogP contribution in [0.3, 0.4) is 0 Å². The smallest absolute Gasteiger partial charge is 0.453 e. The number of aliphatic hydroxyl groups is 2. The average molecular weight is 670 g/mol. The van der Waals surface area contributed by atoms with Gasteiger partial charge >= 0.3 is 12.1 Å². The molecule has 12 nitrogen and oxygen atoms in total. The molecule has 5 unspecified atom stereocenters. The molecule has 5 atom stereocenters. The van der Waals surface area contributed by atoms with Crippen LogP contribution in [-0.2, 0) is 20.4 Å². The van der Waals surface area contributed by atoms with Crippen molar-refractivity contribution in [1.82, 2.24) is 34.7 Å². The molecule has 5 aromatic rings. The van der Waals surface area contributed by atoms with Gasteiger partial charge in [0.25, 0.3) is 5.82 Å². The second-order valence-corrected chi connectivity index (χ2v) is 11.5. The number of aromatic nitrogens is 7. The molecule has 2 aromatic carbocycles. The van der Waals surface area contributed by atoms with Gasteiger partial charge in [0.2, 0.25) is 0 Å². The van der Waals surface area contributed by atoms with Gasteiger partial charge in [0.1, 0.15) is 23.9 Å². The summed E-state index contributed by atoms with van der Waals surface area (Å²) in [5, 5.41) is 33.4. The lowest BCUT2D eigenvalue weighted by Crippen LogP contribution is -2.54. The zero-order valence-electron chi connectivity index (χ0n) is 23.5. The fraction of sp³-hybridized carbons (Fsp3) is 0.333. The second kappa shape index (κ2) is 11.7. The Labute approximate surface area is 257 Å². The van der Waals surface area contributed by atoms with Crippen molar-refractivity contribution in [3.05, 3.63) is 70.6 Å². The topological polar surface area (TPSA) is 150 Å². The second-order valence-electron chi connectivity index (χ2n) is 10.3. The van der Waals surface area contributed by atoms with Crippen molar-refractivity contribution < 1.29 is 50.8 Å². The Morgan fingerprint density at radius 2 is 1.85 bits per heavy atom. The first-order chi connectivity index (χ1) is 21.7. The molecule has 46 heavy (non-hydrogen) atoms. The Hall–Kier alpha value is -4.46. The molecular formula is C27H21F6N7O5S. The summed E-state index contributed by atoms with van der Waals surface area (Å²) in [6, 6.07) is 4.34. The van der Waals surface area contributed by atoms with E-state index in [4.69, 9.17) is 9.47 Å². The first-order valence-electron chi connectivity index (χ1n) is 13.3. The maximum absolute atomic E-state index is 14.0. The van der Waals surface area contributed by atoms with E-state index in [0.29, 0.717) is 27.4 Å². The highest BCUT2D eigenvalue weighted by molar-refractivity contribution is 7.18. The lowest BCUT2D eigenvalue weighted by molar-refractivity contribution is -0.222. The summed E-state index contributed by atoms with van der Waals surface area (Å²) in [6.45, 7) is 1.90. The van der Waals surface area contributed by atoms with E-state index in [1.165, 1.54) is 23.5 Å². The van der Waals surface area contributed by atoms with Crippen LogP contribution in [0.4, 0.5) is 26.3 Å². The highest BCUT2D eigenvalue weighted by Crippen LogP contribution is 2.42. The molecule has 1 saturated heterocycles. The number of carbonyl (C=O) groups excluding carboxylic acids is 1. The Bertz CT molecular complexity index is 1920. The fourth-order valence-electron chi connectivity index (χ4n) is 5.17. The van der Waals surface area contributed by atoms with E-state index in [1.807, 2.05) is 0 Å². The van der Waals surface area contributed by atoms with Crippen molar-refractivity contribution in [2.24, 2.45) is 0 Å². The summed E-state index contributed by atoms with van der Waals surface area (Å²) in [5.74, 6) is -7.74. The largest absolute Gasteiger partial charge is 0.457 e. The van der Waals surface area contributed by atoms with Gasteiger partial charge in [-0.25, -0.2) is 32.5 Å². The quantitative estimate of drug-likeness (QED) is 0.155. The molecule has 6 rings (SSSR count). The van der Waals surface area contributed by atoms with Crippen LogP contribution in [0.2, 0.25) is 0 Å². The first kappa shape index (κ1) is 31.5. The molecule has 0 bridgehead atoms. The third-order valence-electron chi connectivity index (χ3n) is 7.13. The third kappa shape index (κ3) is 5.70. The SMILES string of the molecule is CC(=O)OC1C(c2nc(C(F)(F)F)nn2-c2ccc3nc(C)sc3c2)OC(CO)C(O)C1n1cc(-c2cc(F)c(F)c(F)c2)nn1. The molecule has 0 saturated carbocycles. The number of fused-ring (bicyclic) bond motifs is 1. The van der Waals surface area contributed by atoms with E-state index < -0.39 is 78.3 Å². The monoisotopic (exact) mass is 669 g/mol. The van der Waals surface area contributed by atoms with E-state index in [1.54, 1.807) is 13.0 Å². The molecular weight excluding hydrogens is 648 g/mol. The Balaban J connectivity index is 1.49. The van der Waals surface area contributed by atoms with E-state index in [2.05, 4.69) is 25.4 Å². The van der Waals surface area contributed by atoms with Crippen molar-refractivity contribution >= 4 is 27.5 Å². The average Bonchev–Trinajstić information content (AvgIpc) is 3.73. The summed E-state index contributed by atoms with van der Waals surface area (Å²) in [7, 11) is 0. The number of benzene rings is 2. The minimum atomic E-state index is -5.02. The van der Waals surface area contributed by atoms with Crippen molar-refractivity contribution in [2.45, 2.75) is 50.5 Å². The predicted octanol–water partition coefficient (Wildman–Crippen LogP) is 3.85. The summed E-state index contributed by atoms with van der Waals surface area (Å²) < 4.78 is 97.0. The van der Waals surface area contributed by atoms with Crippen molar-refractivity contribution in [3.8, 4) is 16.9 Å². The van der Waals surface area contributed by atoms with Crippen LogP contribution in [-0.4, -0.2) is 75.8 Å². The maximum Gasteiger partial charge on any atom is 0.453 e. The van der Waals surface area contributed by atoms with Gasteiger partial charge in [0, 0.05) is 12.5 Å². The first-order valence-corrected chi connectivity index (χ1v) is 14.2. The van der Waals surface area contributed by atoms with E-state index >= 15 is 0 Å². The van der Waals surface area contributed by atoms with Crippen molar-refractivity contribution in [1.29, 1.82) is 0 Å². The van der Waals surface area contributed by atoms with Crippen LogP contribution >= 0.6 is 11.3 Å². The fourth-order valence-corrected chi connectivity index (χ4v) is 6.03. The van der Waals surface area contributed by atoms with Crippen LogP contribution in [0, 0.1) is 24.4 Å². The normalized spacial score (nSPS) is 22.0. The van der Waals surface area contributed by atoms with Gasteiger partial charge < -0.3 is 19.7 Å². The summed E-state index contributed by atoms with van der Waals surface area (Å²) in [4.78, 5) is 20.4. The number of aryl methyl sites for hydroxylation is 1. The summed E-state index contributed by atoms with van der Waals surface area (Å²) in [5.41, 5.74) is 0.255. The zero-order valence-corrected chi connectivity index (χ0v) is 24.3. The molecule has 242 valence electrons. The number of ether oxygens (including phenoxy) is 2. The molecule has 0 spiro atoms. The molecule has 2 N–H and O–H groups in total. The third-order valence-corrected chi connectivity index (χ3v) is 8.06. The molecule has 0 aliphatic carbocycles. The van der Waals surface area contributed by atoms with E-state index in [-0.39, 0.29) is 16.9 Å². The molecule has 4 heterocycles. The molecule has 19 heteroatoms. The molecule has 0 radical (unpaired) electrons. The molecule has 1 aliphatic heterocycles. The van der Waals surface area contributed by atoms with Gasteiger partial charge in [-0.3, -0.25) is 4.79 Å². The summed E-state index contributed by atoms with van der Waals surface area (Å²) in [6.07, 6.45) is -10.5. The van der Waals surface area contributed by atoms with Crippen LogP contribution in [0.1, 0.15) is 35.7 Å². The molecule has 0 amide bonds. The van der Waals surface area contributed by atoms with Crippen LogP contribution in [0.25, 0.3) is 27.2 Å². The number of esters is 1. The number of carbonyl (C=O) groups is 1. The van der Waals surface area contributed by atoms with Gasteiger partial charge in [-0.2, -0.15) is 13.2 Å². The molecule has 1 fully saturated rings. The van der Waals surface area contributed by atoms with Crippen LogP contribution in [0.15, 0.2) is 36.5 Å². The van der Waals surface area contributed by atoms with Gasteiger partial charge in [-0.1, -0.05) is 5.21 Å². The number of rotatable bonds is 6. The lowest BCUT2D eigenvalue weighted by atomic mass is 9.91. The number of halogens is 6. The number of thiazole rings is 1. The Morgan fingerprint density at radius 3 is 2.50 bits per heavy atom. The molecule has 3 aromatic heterocycles. The van der Waals surface area contributed by atoms with Gasteiger partial charge in [-0.15, -0.1) is 21.5 Å². The van der Waals surface area contributed by atoms with Crippen LogP contribution in [0.5, 0.6) is 0 Å². The summed E-state index contributed by atoms with van der Waals surface area (Å²) >= 11 is 1.28. The number of hydrogen-bond donors (Lipinski definition) is 2. The van der Waals surface area contributed by atoms with Crippen molar-refractivity contribution in [3.63, 3.8) is 0 Å². The zero-order chi connectivity index (χ0) is 33.1. The standard InChI is InChI=1S/C27H21F6N7O5S/c1-10-34-16-4-3-13(7-19(16)46-10)40-25(35-26(37-40)27(31,32)33)24-23(44-11(2)42)21(22(43)18(9-41)45-24)39-8-17(36-38-39)12-5-14(28)20(30)15(29)6-12/h3-8,18,21-24,41,43H,9H2,1-2H3. The maximum atomic E-state index is 14.0. The number of aliphatic hydroxyl groups excluding tert-OH is 2. The Kier molecular flexibility index (Phi) is 8.03. The predicted molar refractivity (Wildman–Crippen MR) is 145 cm³/mol. The van der Waals surface area contributed by atoms with Gasteiger partial charge in [-0.05, 0) is 37.3 Å². The number of hydrogen-bond acceptors (Lipinski definition) is 11.